The number of fused-ring (bicyclic) bond motifs is 2. The standard InChI is InChI=1S/C8H14O.C2H6/c1-6-7-2-3-8(6)5-9-4-7;1-2/h6-8H,2-5H2,1H3;1-2H3. The van der Waals surface area contributed by atoms with Crippen molar-refractivity contribution >= 4 is 0 Å². The first-order valence-corrected chi connectivity index (χ1v) is 4.95. The first-order valence-electron chi connectivity index (χ1n) is 4.95. The highest BCUT2D eigenvalue weighted by atomic mass is 16.5. The minimum absolute atomic E-state index is 0.906. The molecule has 1 saturated carbocycles. The van der Waals surface area contributed by atoms with Crippen LogP contribution >= 0.6 is 0 Å². The zero-order valence-corrected chi connectivity index (χ0v) is 7.97. The Labute approximate surface area is 70.1 Å². The first kappa shape index (κ1) is 9.05. The Kier molecular flexibility index (Phi) is 3.38. The highest BCUT2D eigenvalue weighted by molar-refractivity contribution is 4.84. The van der Waals surface area contributed by atoms with Gasteiger partial charge in [0.05, 0.1) is 0 Å². The lowest BCUT2D eigenvalue weighted by atomic mass is 9.90. The summed E-state index contributed by atoms with van der Waals surface area (Å²) in [6.07, 6.45) is 2.84. The van der Waals surface area contributed by atoms with Crippen molar-refractivity contribution in [2.75, 3.05) is 13.2 Å². The van der Waals surface area contributed by atoms with Crippen LogP contribution in [-0.2, 0) is 4.74 Å². The Morgan fingerprint density at radius 1 is 1.00 bits per heavy atom. The Morgan fingerprint density at radius 3 is 1.82 bits per heavy atom. The summed E-state index contributed by atoms with van der Waals surface area (Å²) < 4.78 is 5.43. The van der Waals surface area contributed by atoms with Crippen LogP contribution in [0.2, 0.25) is 0 Å². The van der Waals surface area contributed by atoms with Crippen LogP contribution in [0, 0.1) is 17.8 Å². The molecule has 1 heteroatoms. The molecule has 0 spiro atoms. The third-order valence-electron chi connectivity index (χ3n) is 3.06. The second-order valence-corrected chi connectivity index (χ2v) is 3.49. The van der Waals surface area contributed by atoms with Gasteiger partial charge in [0.2, 0.25) is 0 Å². The molecule has 2 unspecified atom stereocenters. The minimum atomic E-state index is 0.906. The zero-order valence-electron chi connectivity index (χ0n) is 7.97. The topological polar surface area (TPSA) is 9.23 Å². The van der Waals surface area contributed by atoms with Crippen molar-refractivity contribution in [2.24, 2.45) is 17.8 Å². The molecular formula is C10H20O. The summed E-state index contributed by atoms with van der Waals surface area (Å²) in [6.45, 7) is 8.46. The van der Waals surface area contributed by atoms with Gasteiger partial charge in [0, 0.05) is 13.2 Å². The summed E-state index contributed by atoms with van der Waals surface area (Å²) in [7, 11) is 0. The third kappa shape index (κ3) is 1.76. The van der Waals surface area contributed by atoms with Crippen molar-refractivity contribution in [3.63, 3.8) is 0 Å². The number of hydrogen-bond donors (Lipinski definition) is 0. The van der Waals surface area contributed by atoms with E-state index in [0.717, 1.165) is 31.0 Å². The van der Waals surface area contributed by atoms with Crippen LogP contribution in [0.15, 0.2) is 0 Å². The van der Waals surface area contributed by atoms with Crippen LogP contribution < -0.4 is 0 Å². The van der Waals surface area contributed by atoms with Gasteiger partial charge in [-0.3, -0.25) is 0 Å². The summed E-state index contributed by atoms with van der Waals surface area (Å²) in [5.74, 6) is 2.77. The number of rotatable bonds is 0. The van der Waals surface area contributed by atoms with E-state index in [4.69, 9.17) is 4.74 Å². The van der Waals surface area contributed by atoms with Crippen LogP contribution in [0.4, 0.5) is 0 Å². The van der Waals surface area contributed by atoms with Crippen molar-refractivity contribution in [3.05, 3.63) is 0 Å². The minimum Gasteiger partial charge on any atom is -0.381 e. The predicted molar refractivity (Wildman–Crippen MR) is 47.5 cm³/mol. The molecule has 1 saturated heterocycles. The molecule has 2 bridgehead atoms. The van der Waals surface area contributed by atoms with E-state index in [-0.39, 0.29) is 0 Å². The van der Waals surface area contributed by atoms with Gasteiger partial charge in [-0.15, -0.1) is 0 Å². The molecule has 0 aromatic heterocycles. The van der Waals surface area contributed by atoms with E-state index in [0.29, 0.717) is 0 Å². The highest BCUT2D eigenvalue weighted by Crippen LogP contribution is 2.40. The Morgan fingerprint density at radius 2 is 1.45 bits per heavy atom. The van der Waals surface area contributed by atoms with Crippen molar-refractivity contribution in [2.45, 2.75) is 33.6 Å². The molecular weight excluding hydrogens is 136 g/mol. The number of ether oxygens (including phenoxy) is 1. The van der Waals surface area contributed by atoms with Gasteiger partial charge in [0.15, 0.2) is 0 Å². The summed E-state index contributed by atoms with van der Waals surface area (Å²) in [5, 5.41) is 0. The average molecular weight is 156 g/mol. The molecule has 0 radical (unpaired) electrons. The van der Waals surface area contributed by atoms with Crippen LogP contribution in [-0.4, -0.2) is 13.2 Å². The second kappa shape index (κ2) is 4.10. The molecule has 2 atom stereocenters. The van der Waals surface area contributed by atoms with Crippen LogP contribution in [0.25, 0.3) is 0 Å². The quantitative estimate of drug-likeness (QED) is 0.524. The van der Waals surface area contributed by atoms with Gasteiger partial charge in [0.1, 0.15) is 0 Å². The fourth-order valence-corrected chi connectivity index (χ4v) is 2.18. The van der Waals surface area contributed by atoms with E-state index in [1.165, 1.54) is 12.8 Å². The SMILES string of the molecule is CC.CC1C2CCC1COC2. The van der Waals surface area contributed by atoms with E-state index in [1.807, 2.05) is 13.8 Å². The van der Waals surface area contributed by atoms with Crippen molar-refractivity contribution in [1.29, 1.82) is 0 Å². The molecule has 1 heterocycles. The smallest absolute Gasteiger partial charge is 0.0497 e. The van der Waals surface area contributed by atoms with E-state index >= 15 is 0 Å². The monoisotopic (exact) mass is 156 g/mol. The summed E-state index contributed by atoms with van der Waals surface area (Å²) in [5.41, 5.74) is 0. The summed E-state index contributed by atoms with van der Waals surface area (Å²) in [4.78, 5) is 0. The van der Waals surface area contributed by atoms with Crippen molar-refractivity contribution in [1.82, 2.24) is 0 Å². The van der Waals surface area contributed by atoms with E-state index in [9.17, 15) is 0 Å². The molecule has 1 aliphatic carbocycles. The zero-order chi connectivity index (χ0) is 8.27. The molecule has 2 aliphatic rings. The van der Waals surface area contributed by atoms with Crippen molar-refractivity contribution in [3.8, 4) is 0 Å². The molecule has 1 nitrogen and oxygen atoms in total. The van der Waals surface area contributed by atoms with Crippen molar-refractivity contribution < 1.29 is 4.74 Å². The largest absolute Gasteiger partial charge is 0.381 e. The van der Waals surface area contributed by atoms with Gasteiger partial charge in [-0.05, 0) is 30.6 Å². The maximum absolute atomic E-state index is 5.43. The van der Waals surface area contributed by atoms with Crippen LogP contribution in [0.3, 0.4) is 0 Å². The second-order valence-electron chi connectivity index (χ2n) is 3.49. The van der Waals surface area contributed by atoms with Gasteiger partial charge in [-0.2, -0.15) is 0 Å². The molecule has 2 rings (SSSR count). The van der Waals surface area contributed by atoms with Gasteiger partial charge in [-0.25, -0.2) is 0 Å². The van der Waals surface area contributed by atoms with E-state index in [1.54, 1.807) is 0 Å². The maximum Gasteiger partial charge on any atom is 0.0497 e. The van der Waals surface area contributed by atoms with Crippen LogP contribution in [0.1, 0.15) is 33.6 Å². The summed E-state index contributed by atoms with van der Waals surface area (Å²) >= 11 is 0. The van der Waals surface area contributed by atoms with E-state index < -0.39 is 0 Å². The number of hydrogen-bond acceptors (Lipinski definition) is 1. The molecule has 0 N–H and O–H groups in total. The normalized spacial score (nSPS) is 41.2. The predicted octanol–water partition coefficient (Wildman–Crippen LogP) is 2.71. The molecule has 0 aromatic carbocycles. The Hall–Kier alpha value is -0.0400. The lowest BCUT2D eigenvalue weighted by molar-refractivity contribution is 0.0137. The Bertz CT molecular complexity index is 95.4. The van der Waals surface area contributed by atoms with Gasteiger partial charge >= 0.3 is 0 Å². The molecule has 11 heavy (non-hydrogen) atoms. The fourth-order valence-electron chi connectivity index (χ4n) is 2.18. The van der Waals surface area contributed by atoms with Gasteiger partial charge in [-0.1, -0.05) is 20.8 Å². The van der Waals surface area contributed by atoms with Gasteiger partial charge < -0.3 is 4.74 Å². The molecule has 1 aliphatic heterocycles. The molecule has 66 valence electrons. The summed E-state index contributed by atoms with van der Waals surface area (Å²) in [6, 6.07) is 0. The maximum atomic E-state index is 5.43. The lowest BCUT2D eigenvalue weighted by Gasteiger charge is -2.26. The highest BCUT2D eigenvalue weighted by Gasteiger charge is 2.36. The molecule has 0 aromatic rings. The molecule has 2 fully saturated rings. The van der Waals surface area contributed by atoms with Gasteiger partial charge in [0.25, 0.3) is 0 Å². The average Bonchev–Trinajstić information content (AvgIpc) is 2.30. The lowest BCUT2D eigenvalue weighted by Crippen LogP contribution is -2.26. The third-order valence-corrected chi connectivity index (χ3v) is 3.06. The van der Waals surface area contributed by atoms with E-state index in [2.05, 4.69) is 6.92 Å². The van der Waals surface area contributed by atoms with Crippen LogP contribution in [0.5, 0.6) is 0 Å². The Balaban J connectivity index is 0.000000281. The first-order chi connectivity index (χ1) is 5.38. The fraction of sp³-hybridized carbons (Fsp3) is 1.00. The molecule has 0 amide bonds.